The first-order valence-electron chi connectivity index (χ1n) is 5.83. The zero-order chi connectivity index (χ0) is 13.1. The van der Waals surface area contributed by atoms with Crippen molar-refractivity contribution in [1.29, 1.82) is 0 Å². The Balaban J connectivity index is 2.10. The summed E-state index contributed by atoms with van der Waals surface area (Å²) in [6.07, 6.45) is 2.49. The van der Waals surface area contributed by atoms with Crippen molar-refractivity contribution in [2.45, 2.75) is 12.8 Å². The predicted octanol–water partition coefficient (Wildman–Crippen LogP) is 1.72. The van der Waals surface area contributed by atoms with Crippen molar-refractivity contribution in [2.24, 2.45) is 5.92 Å². The monoisotopic (exact) mass is 272 g/mol. The number of aliphatic hydroxyl groups excluding tert-OH is 1. The quantitative estimate of drug-likeness (QED) is 0.834. The third-order valence-corrected chi connectivity index (χ3v) is 3.50. The van der Waals surface area contributed by atoms with Crippen molar-refractivity contribution in [2.75, 3.05) is 19.7 Å². The van der Waals surface area contributed by atoms with Crippen molar-refractivity contribution >= 4 is 17.5 Å². The van der Waals surface area contributed by atoms with E-state index in [1.54, 1.807) is 4.90 Å². The van der Waals surface area contributed by atoms with Crippen LogP contribution in [0.3, 0.4) is 0 Å². The summed E-state index contributed by atoms with van der Waals surface area (Å²) in [5.41, 5.74) is 0.0964. The number of amides is 1. The van der Waals surface area contributed by atoms with Gasteiger partial charge in [0, 0.05) is 19.7 Å². The van der Waals surface area contributed by atoms with Crippen LogP contribution in [0.5, 0.6) is 0 Å². The molecule has 0 radical (unpaired) electrons. The molecule has 0 aromatic carbocycles. The van der Waals surface area contributed by atoms with E-state index in [4.69, 9.17) is 16.7 Å². The van der Waals surface area contributed by atoms with E-state index in [1.807, 2.05) is 0 Å². The Morgan fingerprint density at radius 1 is 1.56 bits per heavy atom. The number of carbonyl (C=O) groups is 1. The largest absolute Gasteiger partial charge is 0.396 e. The Kier molecular flexibility index (Phi) is 4.14. The first-order valence-corrected chi connectivity index (χ1v) is 6.20. The highest BCUT2D eigenvalue weighted by molar-refractivity contribution is 6.32. The lowest BCUT2D eigenvalue weighted by Gasteiger charge is -2.31. The standard InChI is InChI=1S/C12H14ClFN2O2/c13-11-10(5-9(14)6-15-11)12(18)16-3-1-8(7-17)2-4-16/h5-6,8,17H,1-4,7H2. The number of hydrogen-bond acceptors (Lipinski definition) is 3. The van der Waals surface area contributed by atoms with Gasteiger partial charge in [0.2, 0.25) is 0 Å². The molecule has 0 atom stereocenters. The van der Waals surface area contributed by atoms with Gasteiger partial charge >= 0.3 is 0 Å². The maximum atomic E-state index is 13.1. The van der Waals surface area contributed by atoms with Gasteiger partial charge in [-0.25, -0.2) is 9.37 Å². The van der Waals surface area contributed by atoms with Crippen molar-refractivity contribution in [3.8, 4) is 0 Å². The fraction of sp³-hybridized carbons (Fsp3) is 0.500. The molecule has 1 fully saturated rings. The Morgan fingerprint density at radius 2 is 2.22 bits per heavy atom. The second kappa shape index (κ2) is 5.63. The molecule has 1 N–H and O–H groups in total. The van der Waals surface area contributed by atoms with Gasteiger partial charge in [-0.15, -0.1) is 0 Å². The summed E-state index contributed by atoms with van der Waals surface area (Å²) in [4.78, 5) is 17.4. The number of aliphatic hydroxyl groups is 1. The van der Waals surface area contributed by atoms with E-state index >= 15 is 0 Å². The molecule has 0 unspecified atom stereocenters. The van der Waals surface area contributed by atoms with Crippen LogP contribution in [0.4, 0.5) is 4.39 Å². The van der Waals surface area contributed by atoms with Crippen LogP contribution < -0.4 is 0 Å². The Hall–Kier alpha value is -1.20. The molecule has 2 heterocycles. The highest BCUT2D eigenvalue weighted by Crippen LogP contribution is 2.21. The lowest BCUT2D eigenvalue weighted by atomic mass is 9.97. The molecule has 1 aromatic heterocycles. The fourth-order valence-corrected chi connectivity index (χ4v) is 2.25. The van der Waals surface area contributed by atoms with Gasteiger partial charge in [-0.3, -0.25) is 4.79 Å². The van der Waals surface area contributed by atoms with E-state index in [0.29, 0.717) is 13.1 Å². The summed E-state index contributed by atoms with van der Waals surface area (Å²) in [7, 11) is 0. The third kappa shape index (κ3) is 2.79. The average molecular weight is 273 g/mol. The number of hydrogen-bond donors (Lipinski definition) is 1. The van der Waals surface area contributed by atoms with Crippen LogP contribution in [0.15, 0.2) is 12.3 Å². The van der Waals surface area contributed by atoms with E-state index in [9.17, 15) is 9.18 Å². The van der Waals surface area contributed by atoms with Crippen LogP contribution in [-0.4, -0.2) is 40.6 Å². The van der Waals surface area contributed by atoms with Gasteiger partial charge in [-0.2, -0.15) is 0 Å². The van der Waals surface area contributed by atoms with Crippen molar-refractivity contribution < 1.29 is 14.3 Å². The Labute approximate surface area is 109 Å². The predicted molar refractivity (Wildman–Crippen MR) is 64.9 cm³/mol. The van der Waals surface area contributed by atoms with Crippen molar-refractivity contribution in [1.82, 2.24) is 9.88 Å². The zero-order valence-corrected chi connectivity index (χ0v) is 10.5. The van der Waals surface area contributed by atoms with Crippen molar-refractivity contribution in [3.63, 3.8) is 0 Å². The lowest BCUT2D eigenvalue weighted by Crippen LogP contribution is -2.39. The van der Waals surface area contributed by atoms with Crippen LogP contribution >= 0.6 is 11.6 Å². The number of piperidine rings is 1. The lowest BCUT2D eigenvalue weighted by molar-refractivity contribution is 0.0650. The molecule has 0 spiro atoms. The molecule has 1 aliphatic rings. The molecule has 1 amide bonds. The number of aromatic nitrogens is 1. The maximum Gasteiger partial charge on any atom is 0.257 e. The number of likely N-dealkylation sites (tertiary alicyclic amines) is 1. The molecule has 4 nitrogen and oxygen atoms in total. The molecular weight excluding hydrogens is 259 g/mol. The Bertz CT molecular complexity index is 448. The number of pyridine rings is 1. The topological polar surface area (TPSA) is 53.4 Å². The van der Waals surface area contributed by atoms with Crippen LogP contribution in [-0.2, 0) is 0 Å². The van der Waals surface area contributed by atoms with E-state index in [-0.39, 0.29) is 29.1 Å². The molecule has 1 saturated heterocycles. The molecule has 1 aliphatic heterocycles. The molecule has 2 rings (SSSR count). The van der Waals surface area contributed by atoms with Gasteiger partial charge in [-0.1, -0.05) is 11.6 Å². The number of nitrogens with zero attached hydrogens (tertiary/aromatic N) is 2. The maximum absolute atomic E-state index is 13.1. The SMILES string of the molecule is O=C(c1cc(F)cnc1Cl)N1CCC(CO)CC1. The van der Waals surface area contributed by atoms with E-state index < -0.39 is 5.82 Å². The van der Waals surface area contributed by atoms with Crippen molar-refractivity contribution in [3.05, 3.63) is 28.8 Å². The number of rotatable bonds is 2. The first kappa shape index (κ1) is 13.2. The number of carbonyl (C=O) groups excluding carboxylic acids is 1. The van der Waals surface area contributed by atoms with Gasteiger partial charge in [0.05, 0.1) is 11.8 Å². The van der Waals surface area contributed by atoms with Gasteiger partial charge in [0.1, 0.15) is 11.0 Å². The van der Waals surface area contributed by atoms with Crippen LogP contribution in [0.1, 0.15) is 23.2 Å². The smallest absolute Gasteiger partial charge is 0.257 e. The molecule has 0 saturated carbocycles. The number of halogens is 2. The molecule has 98 valence electrons. The van der Waals surface area contributed by atoms with Gasteiger partial charge in [-0.05, 0) is 24.8 Å². The minimum atomic E-state index is -0.576. The third-order valence-electron chi connectivity index (χ3n) is 3.20. The summed E-state index contributed by atoms with van der Waals surface area (Å²) in [5, 5.41) is 9.05. The van der Waals surface area contributed by atoms with E-state index in [2.05, 4.69) is 4.98 Å². The van der Waals surface area contributed by atoms with Crippen LogP contribution in [0.25, 0.3) is 0 Å². The summed E-state index contributed by atoms with van der Waals surface area (Å²) < 4.78 is 13.1. The fourth-order valence-electron chi connectivity index (χ4n) is 2.06. The van der Waals surface area contributed by atoms with E-state index in [1.165, 1.54) is 0 Å². The summed E-state index contributed by atoms with van der Waals surface area (Å²) in [6, 6.07) is 1.11. The molecule has 0 bridgehead atoms. The molecular formula is C12H14ClFN2O2. The average Bonchev–Trinajstić information content (AvgIpc) is 2.41. The highest BCUT2D eigenvalue weighted by Gasteiger charge is 2.25. The van der Waals surface area contributed by atoms with E-state index in [0.717, 1.165) is 25.1 Å². The second-order valence-electron chi connectivity index (χ2n) is 4.41. The minimum Gasteiger partial charge on any atom is -0.396 e. The zero-order valence-electron chi connectivity index (χ0n) is 9.77. The summed E-state index contributed by atoms with van der Waals surface area (Å²) in [5.74, 6) is -0.633. The Morgan fingerprint density at radius 3 is 2.83 bits per heavy atom. The molecule has 1 aromatic rings. The first-order chi connectivity index (χ1) is 8.61. The normalized spacial score (nSPS) is 16.9. The van der Waals surface area contributed by atoms with Crippen LogP contribution in [0.2, 0.25) is 5.15 Å². The molecule has 6 heteroatoms. The van der Waals surface area contributed by atoms with Gasteiger partial charge < -0.3 is 10.0 Å². The highest BCUT2D eigenvalue weighted by atomic mass is 35.5. The summed E-state index contributed by atoms with van der Waals surface area (Å²) >= 11 is 5.80. The van der Waals surface area contributed by atoms with Gasteiger partial charge in [0.25, 0.3) is 5.91 Å². The molecule has 0 aliphatic carbocycles. The molecule has 18 heavy (non-hydrogen) atoms. The van der Waals surface area contributed by atoms with Crippen LogP contribution in [0, 0.1) is 11.7 Å². The second-order valence-corrected chi connectivity index (χ2v) is 4.77. The minimum absolute atomic E-state index is 0.0191. The van der Waals surface area contributed by atoms with Gasteiger partial charge in [0.15, 0.2) is 0 Å². The summed E-state index contributed by atoms with van der Waals surface area (Å²) in [6.45, 7) is 1.25.